The molecule has 2 aromatic rings. The number of nitrogens with one attached hydrogen (secondary N) is 2. The Kier molecular flexibility index (Phi) is 4.53. The van der Waals surface area contributed by atoms with Gasteiger partial charge in [0.15, 0.2) is 5.69 Å². The molecule has 112 valence electrons. The van der Waals surface area contributed by atoms with Crippen molar-refractivity contribution in [3.63, 3.8) is 0 Å². The van der Waals surface area contributed by atoms with E-state index < -0.39 is 12.0 Å². The number of thiazole rings is 1. The van der Waals surface area contributed by atoms with Crippen LogP contribution in [-0.4, -0.2) is 31.9 Å². The number of hydrogen-bond acceptors (Lipinski definition) is 5. The number of carbonyl (C=O) groups is 2. The summed E-state index contributed by atoms with van der Waals surface area (Å²) in [5, 5.41) is 20.1. The SMILES string of the molecule is CC(C)n1cc(NC(=O)NCc2nc(C(=O)O)cs2)cn1. The van der Waals surface area contributed by atoms with E-state index in [0.29, 0.717) is 10.7 Å². The van der Waals surface area contributed by atoms with E-state index in [1.54, 1.807) is 17.1 Å². The van der Waals surface area contributed by atoms with Crippen LogP contribution in [0.1, 0.15) is 35.4 Å². The third-order valence-corrected chi connectivity index (χ3v) is 3.41. The number of rotatable bonds is 5. The second-order valence-corrected chi connectivity index (χ2v) is 5.48. The molecule has 3 N–H and O–H groups in total. The summed E-state index contributed by atoms with van der Waals surface area (Å²) in [6, 6.07) is -0.182. The highest BCUT2D eigenvalue weighted by Gasteiger charge is 2.10. The van der Waals surface area contributed by atoms with Crippen LogP contribution in [0.2, 0.25) is 0 Å². The lowest BCUT2D eigenvalue weighted by atomic mass is 10.4. The Bertz CT molecular complexity index is 649. The van der Waals surface area contributed by atoms with Gasteiger partial charge in [-0.15, -0.1) is 11.3 Å². The van der Waals surface area contributed by atoms with Gasteiger partial charge in [0.05, 0.1) is 18.4 Å². The van der Waals surface area contributed by atoms with Crippen LogP contribution >= 0.6 is 11.3 Å². The Hall–Kier alpha value is -2.42. The first-order valence-corrected chi connectivity index (χ1v) is 7.10. The van der Waals surface area contributed by atoms with Crippen LogP contribution in [0.3, 0.4) is 0 Å². The van der Waals surface area contributed by atoms with Gasteiger partial charge in [-0.1, -0.05) is 0 Å². The fraction of sp³-hybridized carbons (Fsp3) is 0.333. The highest BCUT2D eigenvalue weighted by atomic mass is 32.1. The molecule has 0 atom stereocenters. The summed E-state index contributed by atoms with van der Waals surface area (Å²) in [6.45, 7) is 4.14. The van der Waals surface area contributed by atoms with E-state index in [1.807, 2.05) is 13.8 Å². The zero-order chi connectivity index (χ0) is 15.4. The number of hydrogen-bond donors (Lipinski definition) is 3. The van der Waals surface area contributed by atoms with Crippen molar-refractivity contribution in [3.05, 3.63) is 28.5 Å². The van der Waals surface area contributed by atoms with Gasteiger partial charge >= 0.3 is 12.0 Å². The van der Waals surface area contributed by atoms with Crippen molar-refractivity contribution in [3.8, 4) is 0 Å². The van der Waals surface area contributed by atoms with Crippen molar-refractivity contribution < 1.29 is 14.7 Å². The topological polar surface area (TPSA) is 109 Å². The molecule has 0 aliphatic rings. The minimum Gasteiger partial charge on any atom is -0.476 e. The molecule has 0 aliphatic carbocycles. The van der Waals surface area contributed by atoms with Gasteiger partial charge in [0, 0.05) is 17.6 Å². The summed E-state index contributed by atoms with van der Waals surface area (Å²) in [4.78, 5) is 26.3. The Labute approximate surface area is 124 Å². The zero-order valence-corrected chi connectivity index (χ0v) is 12.3. The maximum Gasteiger partial charge on any atom is 0.355 e. The lowest BCUT2D eigenvalue weighted by Crippen LogP contribution is -2.28. The lowest BCUT2D eigenvalue weighted by molar-refractivity contribution is 0.0691. The van der Waals surface area contributed by atoms with Gasteiger partial charge in [-0.3, -0.25) is 4.68 Å². The number of aromatic nitrogens is 3. The van der Waals surface area contributed by atoms with Gasteiger partial charge < -0.3 is 15.7 Å². The molecule has 0 saturated carbocycles. The molecule has 9 heteroatoms. The Morgan fingerprint density at radius 1 is 1.48 bits per heavy atom. The largest absolute Gasteiger partial charge is 0.476 e. The second-order valence-electron chi connectivity index (χ2n) is 4.54. The van der Waals surface area contributed by atoms with Crippen LogP contribution in [-0.2, 0) is 6.54 Å². The maximum atomic E-state index is 11.7. The molecule has 0 unspecified atom stereocenters. The van der Waals surface area contributed by atoms with Crippen molar-refractivity contribution in [2.24, 2.45) is 0 Å². The molecule has 2 amide bonds. The number of anilines is 1. The van der Waals surface area contributed by atoms with Crippen molar-refractivity contribution in [1.29, 1.82) is 0 Å². The highest BCUT2D eigenvalue weighted by Crippen LogP contribution is 2.11. The van der Waals surface area contributed by atoms with Crippen LogP contribution in [0.25, 0.3) is 0 Å². The van der Waals surface area contributed by atoms with Gasteiger partial charge in [0.2, 0.25) is 0 Å². The first-order valence-electron chi connectivity index (χ1n) is 6.22. The minimum atomic E-state index is -1.08. The summed E-state index contributed by atoms with van der Waals surface area (Å²) >= 11 is 1.18. The number of urea groups is 1. The van der Waals surface area contributed by atoms with Gasteiger partial charge in [0.25, 0.3) is 0 Å². The van der Waals surface area contributed by atoms with E-state index in [4.69, 9.17) is 5.11 Å². The number of nitrogens with zero attached hydrogens (tertiary/aromatic N) is 3. The van der Waals surface area contributed by atoms with Crippen LogP contribution in [0.4, 0.5) is 10.5 Å². The van der Waals surface area contributed by atoms with Crippen molar-refractivity contribution >= 4 is 29.0 Å². The number of amides is 2. The Balaban J connectivity index is 1.85. The van der Waals surface area contributed by atoms with Gasteiger partial charge in [-0.05, 0) is 13.8 Å². The average Bonchev–Trinajstić information content (AvgIpc) is 3.05. The van der Waals surface area contributed by atoms with E-state index in [-0.39, 0.29) is 18.3 Å². The maximum absolute atomic E-state index is 11.7. The third kappa shape index (κ3) is 4.02. The molecule has 0 bridgehead atoms. The first kappa shape index (κ1) is 15.0. The summed E-state index contributed by atoms with van der Waals surface area (Å²) in [5.41, 5.74) is 0.571. The van der Waals surface area contributed by atoms with Crippen molar-refractivity contribution in [2.45, 2.75) is 26.4 Å². The van der Waals surface area contributed by atoms with Crippen molar-refractivity contribution in [2.75, 3.05) is 5.32 Å². The molecule has 2 aromatic heterocycles. The average molecular weight is 309 g/mol. The van der Waals surface area contributed by atoms with E-state index in [9.17, 15) is 9.59 Å². The van der Waals surface area contributed by atoms with Crippen LogP contribution in [0.5, 0.6) is 0 Å². The number of carboxylic acid groups (broad SMARTS) is 1. The van der Waals surface area contributed by atoms with Gasteiger partial charge in [0.1, 0.15) is 5.01 Å². The van der Waals surface area contributed by atoms with Crippen LogP contribution < -0.4 is 10.6 Å². The Morgan fingerprint density at radius 3 is 2.81 bits per heavy atom. The van der Waals surface area contributed by atoms with Crippen LogP contribution in [0.15, 0.2) is 17.8 Å². The fourth-order valence-electron chi connectivity index (χ4n) is 1.51. The standard InChI is InChI=1S/C12H15N5O3S/c1-7(2)17-5-8(3-14-17)15-12(20)13-4-10-16-9(6-21-10)11(18)19/h3,5-7H,4H2,1-2H3,(H,18,19)(H2,13,15,20). The molecular weight excluding hydrogens is 294 g/mol. The molecule has 0 fully saturated rings. The number of carbonyl (C=O) groups excluding carboxylic acids is 1. The lowest BCUT2D eigenvalue weighted by Gasteiger charge is -2.05. The molecule has 0 spiro atoms. The fourth-order valence-corrected chi connectivity index (χ4v) is 2.21. The molecule has 0 aromatic carbocycles. The minimum absolute atomic E-state index is 0.0181. The van der Waals surface area contributed by atoms with Gasteiger partial charge in [-0.2, -0.15) is 5.10 Å². The molecule has 0 radical (unpaired) electrons. The summed E-state index contributed by atoms with van der Waals surface area (Å²) < 4.78 is 1.73. The van der Waals surface area contributed by atoms with E-state index in [0.717, 1.165) is 0 Å². The molecule has 8 nitrogen and oxygen atoms in total. The zero-order valence-electron chi connectivity index (χ0n) is 11.5. The number of aromatic carboxylic acids is 1. The molecule has 21 heavy (non-hydrogen) atoms. The highest BCUT2D eigenvalue weighted by molar-refractivity contribution is 7.09. The molecular formula is C12H15N5O3S. The van der Waals surface area contributed by atoms with E-state index >= 15 is 0 Å². The summed E-state index contributed by atoms with van der Waals surface area (Å²) in [7, 11) is 0. The molecule has 0 aliphatic heterocycles. The predicted octanol–water partition coefficient (Wildman–Crippen LogP) is 1.94. The molecule has 2 heterocycles. The summed E-state index contributed by atoms with van der Waals surface area (Å²) in [5.74, 6) is -1.08. The quantitative estimate of drug-likeness (QED) is 0.782. The normalized spacial score (nSPS) is 10.6. The van der Waals surface area contributed by atoms with Gasteiger partial charge in [-0.25, -0.2) is 14.6 Å². The van der Waals surface area contributed by atoms with E-state index in [2.05, 4.69) is 20.7 Å². The Morgan fingerprint density at radius 2 is 2.24 bits per heavy atom. The van der Waals surface area contributed by atoms with Crippen molar-refractivity contribution in [1.82, 2.24) is 20.1 Å². The summed E-state index contributed by atoms with van der Waals surface area (Å²) in [6.07, 6.45) is 3.29. The first-order chi connectivity index (χ1) is 9.95. The number of carboxylic acids is 1. The van der Waals surface area contributed by atoms with E-state index in [1.165, 1.54) is 16.7 Å². The monoisotopic (exact) mass is 309 g/mol. The third-order valence-electron chi connectivity index (χ3n) is 2.56. The smallest absolute Gasteiger partial charge is 0.355 e. The molecule has 2 rings (SSSR count). The predicted molar refractivity (Wildman–Crippen MR) is 77.5 cm³/mol. The second kappa shape index (κ2) is 6.35. The molecule has 0 saturated heterocycles. The van der Waals surface area contributed by atoms with Crippen LogP contribution in [0, 0.1) is 0 Å².